The molecule has 25 heavy (non-hydrogen) atoms. The maximum atomic E-state index is 11.8. The van der Waals surface area contributed by atoms with Crippen molar-refractivity contribution in [2.45, 2.75) is 39.0 Å². The van der Waals surface area contributed by atoms with Gasteiger partial charge in [-0.15, -0.1) is 0 Å². The fourth-order valence-corrected chi connectivity index (χ4v) is 2.37. The summed E-state index contributed by atoms with van der Waals surface area (Å²) < 4.78 is 5.70. The number of hydrogen-bond acceptors (Lipinski definition) is 3. The molecule has 0 spiro atoms. The molecule has 0 unspecified atom stereocenters. The second-order valence-corrected chi connectivity index (χ2v) is 5.93. The van der Waals surface area contributed by atoms with E-state index < -0.39 is 0 Å². The second kappa shape index (κ2) is 11.0. The van der Waals surface area contributed by atoms with Crippen LogP contribution in [0.3, 0.4) is 0 Å². The molecule has 0 aromatic heterocycles. The van der Waals surface area contributed by atoms with Crippen molar-refractivity contribution in [3.05, 3.63) is 65.7 Å². The van der Waals surface area contributed by atoms with Gasteiger partial charge in [0.25, 0.3) is 0 Å². The number of benzene rings is 2. The SMILES string of the molecule is CCCCCCOc1ccc(C=NNC(=O)Cc2ccccc2)cc1. The molecule has 2 rings (SSSR count). The zero-order chi connectivity index (χ0) is 17.7. The molecule has 0 saturated carbocycles. The number of rotatable bonds is 10. The highest BCUT2D eigenvalue weighted by Gasteiger charge is 2.00. The molecule has 132 valence electrons. The molecule has 0 aliphatic heterocycles. The Hall–Kier alpha value is -2.62. The highest BCUT2D eigenvalue weighted by atomic mass is 16.5. The number of amides is 1. The normalized spacial score (nSPS) is 10.8. The predicted octanol–water partition coefficient (Wildman–Crippen LogP) is 4.34. The quantitative estimate of drug-likeness (QED) is 0.398. The van der Waals surface area contributed by atoms with Gasteiger partial charge in [-0.2, -0.15) is 5.10 Å². The summed E-state index contributed by atoms with van der Waals surface area (Å²) in [5, 5.41) is 4.00. The lowest BCUT2D eigenvalue weighted by atomic mass is 10.1. The van der Waals surface area contributed by atoms with Crippen LogP contribution < -0.4 is 10.2 Å². The average molecular weight is 338 g/mol. The van der Waals surface area contributed by atoms with Crippen LogP contribution in [0.25, 0.3) is 0 Å². The van der Waals surface area contributed by atoms with Gasteiger partial charge in [0.2, 0.25) is 5.91 Å². The first-order valence-electron chi connectivity index (χ1n) is 8.86. The third kappa shape index (κ3) is 7.66. The van der Waals surface area contributed by atoms with Crippen LogP contribution in [0.5, 0.6) is 5.75 Å². The summed E-state index contributed by atoms with van der Waals surface area (Å²) in [7, 11) is 0. The molecule has 0 heterocycles. The Kier molecular flexibility index (Phi) is 8.25. The smallest absolute Gasteiger partial charge is 0.244 e. The molecule has 0 atom stereocenters. The van der Waals surface area contributed by atoms with E-state index in [0.29, 0.717) is 6.42 Å². The van der Waals surface area contributed by atoms with Crippen molar-refractivity contribution in [2.24, 2.45) is 5.10 Å². The van der Waals surface area contributed by atoms with Gasteiger partial charge in [-0.1, -0.05) is 56.5 Å². The van der Waals surface area contributed by atoms with Crippen molar-refractivity contribution in [2.75, 3.05) is 6.61 Å². The molecular weight excluding hydrogens is 312 g/mol. The molecule has 0 saturated heterocycles. The van der Waals surface area contributed by atoms with E-state index in [1.165, 1.54) is 19.3 Å². The number of nitrogens with one attached hydrogen (secondary N) is 1. The Labute approximate surface area is 149 Å². The Morgan fingerprint density at radius 2 is 1.80 bits per heavy atom. The minimum absolute atomic E-state index is 0.130. The van der Waals surface area contributed by atoms with E-state index >= 15 is 0 Å². The third-order valence-electron chi connectivity index (χ3n) is 3.76. The number of carbonyl (C=O) groups is 1. The summed E-state index contributed by atoms with van der Waals surface area (Å²) >= 11 is 0. The van der Waals surface area contributed by atoms with Gasteiger partial charge in [0.1, 0.15) is 5.75 Å². The van der Waals surface area contributed by atoms with Gasteiger partial charge in [0.05, 0.1) is 19.2 Å². The molecule has 0 aliphatic rings. The summed E-state index contributed by atoms with van der Waals surface area (Å²) in [5.74, 6) is 0.733. The van der Waals surface area contributed by atoms with E-state index in [9.17, 15) is 4.79 Å². The number of carbonyl (C=O) groups excluding carboxylic acids is 1. The van der Waals surface area contributed by atoms with Crippen molar-refractivity contribution in [3.63, 3.8) is 0 Å². The Morgan fingerprint density at radius 1 is 1.04 bits per heavy atom. The topological polar surface area (TPSA) is 50.7 Å². The van der Waals surface area contributed by atoms with E-state index in [2.05, 4.69) is 17.5 Å². The maximum absolute atomic E-state index is 11.8. The average Bonchev–Trinajstić information content (AvgIpc) is 2.63. The van der Waals surface area contributed by atoms with Crippen LogP contribution in [0.15, 0.2) is 59.7 Å². The molecule has 4 heteroatoms. The molecule has 0 radical (unpaired) electrons. The molecule has 4 nitrogen and oxygen atoms in total. The molecule has 2 aromatic carbocycles. The van der Waals surface area contributed by atoms with Crippen LogP contribution >= 0.6 is 0 Å². The maximum Gasteiger partial charge on any atom is 0.244 e. The monoisotopic (exact) mass is 338 g/mol. The predicted molar refractivity (Wildman–Crippen MR) is 102 cm³/mol. The summed E-state index contributed by atoms with van der Waals surface area (Å²) in [5.41, 5.74) is 4.43. The van der Waals surface area contributed by atoms with Gasteiger partial charge in [0, 0.05) is 0 Å². The first-order valence-corrected chi connectivity index (χ1v) is 8.86. The summed E-state index contributed by atoms with van der Waals surface area (Å²) in [4.78, 5) is 11.8. The summed E-state index contributed by atoms with van der Waals surface area (Å²) in [6, 6.07) is 17.3. The number of hydrogen-bond donors (Lipinski definition) is 1. The first-order chi connectivity index (χ1) is 12.3. The minimum atomic E-state index is -0.130. The zero-order valence-corrected chi connectivity index (χ0v) is 14.8. The van der Waals surface area contributed by atoms with Crippen LogP contribution in [-0.4, -0.2) is 18.7 Å². The zero-order valence-electron chi connectivity index (χ0n) is 14.8. The van der Waals surface area contributed by atoms with Gasteiger partial charge in [0.15, 0.2) is 0 Å². The molecule has 2 aromatic rings. The van der Waals surface area contributed by atoms with E-state index in [1.807, 2.05) is 54.6 Å². The van der Waals surface area contributed by atoms with Gasteiger partial charge in [-0.05, 0) is 41.8 Å². The molecule has 1 amide bonds. The number of ether oxygens (including phenoxy) is 1. The van der Waals surface area contributed by atoms with E-state index in [0.717, 1.165) is 29.9 Å². The lowest BCUT2D eigenvalue weighted by molar-refractivity contribution is -0.120. The van der Waals surface area contributed by atoms with Crippen LogP contribution in [0.1, 0.15) is 43.7 Å². The fourth-order valence-electron chi connectivity index (χ4n) is 2.37. The Morgan fingerprint density at radius 3 is 2.52 bits per heavy atom. The van der Waals surface area contributed by atoms with Gasteiger partial charge in [-0.3, -0.25) is 4.79 Å². The standard InChI is InChI=1S/C21H26N2O2/c1-2-3-4-8-15-25-20-13-11-19(12-14-20)17-22-23-21(24)16-18-9-6-5-7-10-18/h5-7,9-14,17H,2-4,8,15-16H2,1H3,(H,23,24). The molecule has 0 fully saturated rings. The number of unbranched alkanes of at least 4 members (excludes halogenated alkanes) is 3. The summed E-state index contributed by atoms with van der Waals surface area (Å²) in [6.07, 6.45) is 6.75. The lowest BCUT2D eigenvalue weighted by Gasteiger charge is -2.06. The van der Waals surface area contributed by atoms with Crippen molar-refractivity contribution < 1.29 is 9.53 Å². The molecule has 0 aliphatic carbocycles. The van der Waals surface area contributed by atoms with Crippen molar-refractivity contribution in [1.29, 1.82) is 0 Å². The van der Waals surface area contributed by atoms with Crippen molar-refractivity contribution in [3.8, 4) is 5.75 Å². The lowest BCUT2D eigenvalue weighted by Crippen LogP contribution is -2.19. The summed E-state index contributed by atoms with van der Waals surface area (Å²) in [6.45, 7) is 2.95. The van der Waals surface area contributed by atoms with Gasteiger partial charge >= 0.3 is 0 Å². The molecule has 1 N–H and O–H groups in total. The third-order valence-corrected chi connectivity index (χ3v) is 3.76. The highest BCUT2D eigenvalue weighted by Crippen LogP contribution is 2.12. The largest absolute Gasteiger partial charge is 0.494 e. The minimum Gasteiger partial charge on any atom is -0.494 e. The van der Waals surface area contributed by atoms with Gasteiger partial charge < -0.3 is 4.74 Å². The van der Waals surface area contributed by atoms with E-state index in [-0.39, 0.29) is 5.91 Å². The number of nitrogens with zero attached hydrogens (tertiary/aromatic N) is 1. The number of hydrazone groups is 1. The molecule has 0 bridgehead atoms. The second-order valence-electron chi connectivity index (χ2n) is 5.93. The van der Waals surface area contributed by atoms with Crippen LogP contribution in [0, 0.1) is 0 Å². The Bertz CT molecular complexity index is 651. The van der Waals surface area contributed by atoms with Crippen molar-refractivity contribution in [1.82, 2.24) is 5.43 Å². The van der Waals surface area contributed by atoms with E-state index in [1.54, 1.807) is 6.21 Å². The Balaban J connectivity index is 1.71. The van der Waals surface area contributed by atoms with Crippen LogP contribution in [-0.2, 0) is 11.2 Å². The van der Waals surface area contributed by atoms with Gasteiger partial charge in [-0.25, -0.2) is 5.43 Å². The van der Waals surface area contributed by atoms with E-state index in [4.69, 9.17) is 4.74 Å². The van der Waals surface area contributed by atoms with Crippen molar-refractivity contribution >= 4 is 12.1 Å². The first kappa shape index (κ1) is 18.7. The highest BCUT2D eigenvalue weighted by molar-refractivity contribution is 5.83. The fraction of sp³-hybridized carbons (Fsp3) is 0.333. The molecular formula is C21H26N2O2. The van der Waals surface area contributed by atoms with Crippen LogP contribution in [0.4, 0.5) is 0 Å². The van der Waals surface area contributed by atoms with Crippen LogP contribution in [0.2, 0.25) is 0 Å².